The van der Waals surface area contributed by atoms with Crippen molar-refractivity contribution in [2.45, 2.75) is 73.7 Å². The van der Waals surface area contributed by atoms with E-state index in [1.165, 1.54) is 89.0 Å². The maximum atomic E-state index is 12.5. The molecular formula is C89H73ClF9N17O15. The monoisotopic (exact) mass is 1830 g/mol. The third-order valence-electron chi connectivity index (χ3n) is 17.2. The number of halogens is 10. The Labute approximate surface area is 741 Å². The molecule has 8 heterocycles. The van der Waals surface area contributed by atoms with E-state index in [1.54, 1.807) is 72.4 Å². The van der Waals surface area contributed by atoms with Crippen molar-refractivity contribution in [3.8, 4) is 87.1 Å². The van der Waals surface area contributed by atoms with Crippen molar-refractivity contribution in [2.75, 3.05) is 40.6 Å². The number of carboxylic acids is 1. The minimum Gasteiger partial charge on any atom is -0.497 e. The summed E-state index contributed by atoms with van der Waals surface area (Å²) in [5.41, 5.74) is 14.0. The van der Waals surface area contributed by atoms with Crippen molar-refractivity contribution >= 4 is 94.8 Å². The van der Waals surface area contributed by atoms with Crippen LogP contribution in [0.1, 0.15) is 92.8 Å². The molecule has 8 aromatic heterocycles. The first-order chi connectivity index (χ1) is 62.6. The van der Waals surface area contributed by atoms with Crippen LogP contribution in [0, 0.1) is 38.0 Å². The van der Waals surface area contributed by atoms with Gasteiger partial charge in [-0.2, -0.15) is 20.6 Å². The molecule has 0 fully saturated rings. The molecule has 0 radical (unpaired) electrons. The summed E-state index contributed by atoms with van der Waals surface area (Å²) in [7, 11) is 3.18. The van der Waals surface area contributed by atoms with Crippen LogP contribution in [-0.2, 0) is 36.8 Å². The fraction of sp³-hybridized carbons (Fsp3) is 0.191. The zero-order valence-electron chi connectivity index (χ0n) is 70.0. The van der Waals surface area contributed by atoms with Crippen LogP contribution < -0.4 is 23.7 Å². The number of fused-ring (bicyclic) bond motifs is 5. The minimum absolute atomic E-state index is 0.0146. The minimum atomic E-state index is -4.80. The Morgan fingerprint density at radius 3 is 1.29 bits per heavy atom. The van der Waals surface area contributed by atoms with Gasteiger partial charge in [-0.1, -0.05) is 94.1 Å². The van der Waals surface area contributed by atoms with E-state index in [0.29, 0.717) is 86.3 Å². The molecule has 42 heteroatoms. The normalized spacial score (nSPS) is 10.7. The number of benzene rings is 7. The van der Waals surface area contributed by atoms with Crippen molar-refractivity contribution in [2.24, 2.45) is 5.11 Å². The first-order valence-corrected chi connectivity index (χ1v) is 38.7. The number of esters is 3. The molecule has 0 saturated heterocycles. The van der Waals surface area contributed by atoms with Gasteiger partial charge in [0.25, 0.3) is 0 Å². The molecule has 15 rings (SSSR count). The average Bonchev–Trinajstić information content (AvgIpc) is 1.69. The number of terminal acetylenes is 1. The summed E-state index contributed by atoms with van der Waals surface area (Å²) in [6, 6.07) is 47.1. The van der Waals surface area contributed by atoms with Gasteiger partial charge in [-0.15, -0.1) is 61.2 Å². The number of carbonyl (C=O) groups is 5. The van der Waals surface area contributed by atoms with Crippen LogP contribution >= 0.6 is 11.6 Å². The predicted molar refractivity (Wildman–Crippen MR) is 459 cm³/mol. The number of H-pyrrole nitrogens is 2. The molecule has 0 aliphatic carbocycles. The van der Waals surface area contributed by atoms with Crippen LogP contribution in [0.25, 0.3) is 98.5 Å². The number of hydrogen-bond acceptors (Lipinski definition) is 26. The first kappa shape index (κ1) is 98.2. The summed E-state index contributed by atoms with van der Waals surface area (Å²) in [5, 5.41) is 47.4. The smallest absolute Gasteiger partial charge is 0.497 e. The number of carboxylic acid groups (broad SMARTS) is 1. The lowest BCUT2D eigenvalue weighted by Crippen LogP contribution is -2.17. The highest BCUT2D eigenvalue weighted by Gasteiger charge is 2.34. The Morgan fingerprint density at radius 1 is 0.473 bits per heavy atom. The number of azide groups is 1. The molecule has 131 heavy (non-hydrogen) atoms. The Kier molecular flexibility index (Phi) is 35.0. The lowest BCUT2D eigenvalue weighted by atomic mass is 10.1. The highest BCUT2D eigenvalue weighted by Crippen LogP contribution is 2.34. The van der Waals surface area contributed by atoms with Gasteiger partial charge in [-0.25, -0.2) is 38.6 Å². The van der Waals surface area contributed by atoms with Crippen LogP contribution in [0.3, 0.4) is 0 Å². The van der Waals surface area contributed by atoms with Crippen LogP contribution in [0.2, 0.25) is 0 Å². The topological polar surface area (TPSA) is 416 Å². The van der Waals surface area contributed by atoms with E-state index >= 15 is 0 Å². The van der Waals surface area contributed by atoms with Gasteiger partial charge in [0.2, 0.25) is 0 Å². The number of hydrogen-bond donors (Lipinski definition) is 3. The van der Waals surface area contributed by atoms with Crippen molar-refractivity contribution in [1.29, 1.82) is 0 Å². The third kappa shape index (κ3) is 30.1. The number of aromatic carboxylic acids is 1. The Hall–Kier alpha value is -16.6. The van der Waals surface area contributed by atoms with Gasteiger partial charge in [0, 0.05) is 80.3 Å². The Balaban J connectivity index is 0.000000180. The van der Waals surface area contributed by atoms with E-state index in [-0.39, 0.29) is 71.2 Å². The van der Waals surface area contributed by atoms with Crippen LogP contribution in [0.15, 0.2) is 206 Å². The summed E-state index contributed by atoms with van der Waals surface area (Å²) >= 11 is 4.72. The van der Waals surface area contributed by atoms with Gasteiger partial charge in [0.15, 0.2) is 17.1 Å². The molecule has 3 N–H and O–H groups in total. The number of nitrogens with zero attached hydrogens (tertiary/aromatic N) is 15. The number of alkyl halides is 9. The SMILES string of the molecule is C#Cc1cc2ccc(C)cc2cn1.CCOC(=O)C#Cc1cc2ccc(C)cc2cn1.CCOC(=O)Cl.CCOC(=O)c1n[nH]nc1-c1cc2ccc(OC(F)(F)F)cc2cn1.CCOC(=O)c1nnn(Cc2ccc(OC)cc2)c1-c1cc2ccc(OC(F)(F)F)cc2cn1.COc1ccc(CN=[N+]=[N-])cc1.O=C(O)c1n[nH]nc1-c1cc2ccc(OC(F)(F)F)cc2cn1. The number of pyridine rings is 5. The molecule has 0 spiro atoms. The van der Waals surface area contributed by atoms with Crippen molar-refractivity contribution in [3.63, 3.8) is 0 Å². The quantitative estimate of drug-likeness (QED) is 0.00989. The molecule has 674 valence electrons. The predicted octanol–water partition coefficient (Wildman–Crippen LogP) is 19.2. The molecule has 0 saturated carbocycles. The number of aromatic amines is 2. The maximum absolute atomic E-state index is 12.5. The summed E-state index contributed by atoms with van der Waals surface area (Å²) in [4.78, 5) is 79.6. The van der Waals surface area contributed by atoms with Crippen molar-refractivity contribution in [1.82, 2.24) is 70.7 Å². The van der Waals surface area contributed by atoms with E-state index in [2.05, 4.69) is 144 Å². The number of ether oxygens (including phenoxy) is 9. The van der Waals surface area contributed by atoms with Gasteiger partial charge < -0.3 is 47.7 Å². The molecule has 0 aliphatic rings. The first-order valence-electron chi connectivity index (χ1n) is 38.4. The number of methoxy groups -OCH3 is 2. The van der Waals surface area contributed by atoms with Crippen LogP contribution in [-0.4, -0.2) is 165 Å². The zero-order chi connectivity index (χ0) is 95.0. The summed E-state index contributed by atoms with van der Waals surface area (Å²) < 4.78 is 153. The largest absolute Gasteiger partial charge is 0.573 e. The molecule has 7 aromatic carbocycles. The fourth-order valence-corrected chi connectivity index (χ4v) is 11.6. The lowest BCUT2D eigenvalue weighted by Gasteiger charge is -2.11. The van der Waals surface area contributed by atoms with Gasteiger partial charge in [0.1, 0.15) is 57.2 Å². The van der Waals surface area contributed by atoms with Gasteiger partial charge >= 0.3 is 48.4 Å². The summed E-state index contributed by atoms with van der Waals surface area (Å²) in [5.74, 6) is 4.95. The van der Waals surface area contributed by atoms with Gasteiger partial charge in [-0.05, 0) is 194 Å². The average molecular weight is 1830 g/mol. The van der Waals surface area contributed by atoms with Crippen molar-refractivity contribution in [3.05, 3.63) is 262 Å². The van der Waals surface area contributed by atoms with Crippen LogP contribution in [0.4, 0.5) is 44.3 Å². The molecular weight excluding hydrogens is 1750 g/mol. The van der Waals surface area contributed by atoms with Crippen LogP contribution in [0.5, 0.6) is 28.7 Å². The number of nitrogens with one attached hydrogen (secondary N) is 2. The molecule has 0 amide bonds. The molecule has 0 atom stereocenters. The third-order valence-corrected chi connectivity index (χ3v) is 17.3. The number of carbonyl (C=O) groups excluding carboxylic acids is 4. The highest BCUT2D eigenvalue weighted by atomic mass is 35.5. The highest BCUT2D eigenvalue weighted by molar-refractivity contribution is 6.61. The second-order valence-corrected chi connectivity index (χ2v) is 26.6. The second-order valence-electron chi connectivity index (χ2n) is 26.3. The van der Waals surface area contributed by atoms with E-state index in [4.69, 9.17) is 52.3 Å². The molecule has 15 aromatic rings. The lowest BCUT2D eigenvalue weighted by molar-refractivity contribution is -0.275. The van der Waals surface area contributed by atoms with E-state index < -0.39 is 48.4 Å². The summed E-state index contributed by atoms with van der Waals surface area (Å²) in [6.07, 6.45) is -1.45. The molecule has 0 unspecified atom stereocenters. The Bertz CT molecular complexity index is 6700. The van der Waals surface area contributed by atoms with E-state index in [0.717, 1.165) is 44.5 Å². The zero-order valence-corrected chi connectivity index (χ0v) is 70.8. The number of aromatic nitrogens is 14. The van der Waals surface area contributed by atoms with Crippen molar-refractivity contribution < 1.29 is 111 Å². The number of rotatable bonds is 19. The Morgan fingerprint density at radius 2 is 0.863 bits per heavy atom. The van der Waals surface area contributed by atoms with E-state index in [9.17, 15) is 63.5 Å². The summed E-state index contributed by atoms with van der Waals surface area (Å²) in [6.45, 7) is 12.6. The molecule has 32 nitrogen and oxygen atoms in total. The van der Waals surface area contributed by atoms with Gasteiger partial charge in [0.05, 0.1) is 70.8 Å². The number of aryl methyl sites for hydroxylation is 2. The van der Waals surface area contributed by atoms with Gasteiger partial charge in [-0.3, -0.25) is 15.0 Å². The maximum Gasteiger partial charge on any atom is 0.573 e. The second kappa shape index (κ2) is 46.6. The molecule has 0 aliphatic heterocycles. The van der Waals surface area contributed by atoms with E-state index in [1.807, 2.05) is 73.8 Å². The molecule has 0 bridgehead atoms. The standard InChI is InChI=1S/C23H19F3N4O4.C15H11F3N4O3.C15H13NO2.C13H7F3N4O3.C12H9N.C8H9N3O.C3H5ClO2/c1-3-33-22(31)20-21(30(29-28-20)13-14-4-7-17(32-2)8-5-14)19-11-15-6-9-18(34-23(24,25)26)10-16(15)12-27-19;1-2-24-14(23)13-12(20-22-21-13)11-6-8-3-4-10(25-15(16,17)18)5-9(8)7-19-11;1-3-18-15(17)7-6-14-9-12-5-4-11(2)8-13(12)10-16-14;14-13(15,16)23-8-2-1-6-4-9(17-5-7(6)3-8)10-11(12(21)22)19-20-18-10;1-3-12-7-10-5-4-9(2)6-11(10)8-13-12;1-12-8-4-2-7(3-5-8)6-10-11-9;1-2-6-3(4)5/h4-12H,3,13H2,1-2H3;3-7H,2H2,1H3,(H,20,21,22);4-5,8-10H,3H2,1-2H3;1-5H,(H,21,22)(H,18,19,20);1,4-8H,2H3;2-5H,6H2,1H3;2H2,1H3. The fourth-order valence-electron chi connectivity index (χ4n) is 11.5.